The van der Waals surface area contributed by atoms with Gasteiger partial charge in [0.05, 0.1) is 10.8 Å². The summed E-state index contributed by atoms with van der Waals surface area (Å²) in [6.07, 6.45) is 1.89. The molecule has 0 unspecified atom stereocenters. The van der Waals surface area contributed by atoms with E-state index >= 15 is 0 Å². The molecule has 0 bridgehead atoms. The van der Waals surface area contributed by atoms with Gasteiger partial charge in [-0.05, 0) is 37.0 Å². The van der Waals surface area contributed by atoms with E-state index in [4.69, 9.17) is 16.3 Å². The van der Waals surface area contributed by atoms with E-state index in [0.717, 1.165) is 5.56 Å². The van der Waals surface area contributed by atoms with Gasteiger partial charge in [0.25, 0.3) is 0 Å². The van der Waals surface area contributed by atoms with Crippen LogP contribution in [0.4, 0.5) is 0 Å². The summed E-state index contributed by atoms with van der Waals surface area (Å²) >= 11 is 6.11. The molecule has 2 aromatic rings. The van der Waals surface area contributed by atoms with Crippen molar-refractivity contribution in [2.45, 2.75) is 25.4 Å². The Morgan fingerprint density at radius 3 is 2.32 bits per heavy atom. The Labute approximate surface area is 154 Å². The third-order valence-corrected chi connectivity index (χ3v) is 6.60. The van der Waals surface area contributed by atoms with Crippen LogP contribution in [0.15, 0.2) is 54.6 Å². The van der Waals surface area contributed by atoms with Gasteiger partial charge in [-0.15, -0.1) is 0 Å². The minimum absolute atomic E-state index is 0.000438. The van der Waals surface area contributed by atoms with Crippen LogP contribution in [0.25, 0.3) is 0 Å². The van der Waals surface area contributed by atoms with Gasteiger partial charge in [-0.1, -0.05) is 54.1 Å². The molecule has 4 nitrogen and oxygen atoms in total. The van der Waals surface area contributed by atoms with Gasteiger partial charge < -0.3 is 4.74 Å². The summed E-state index contributed by atoms with van der Waals surface area (Å²) in [6, 6.07) is 17.1. The van der Waals surface area contributed by atoms with Gasteiger partial charge in [-0.3, -0.25) is 0 Å². The maximum Gasteiger partial charge on any atom is 0.214 e. The van der Waals surface area contributed by atoms with Crippen LogP contribution in [-0.4, -0.2) is 37.7 Å². The number of ether oxygens (including phenoxy) is 1. The molecular weight excluding hydrogens is 358 g/mol. The summed E-state index contributed by atoms with van der Waals surface area (Å²) in [5.41, 5.74) is 1.04. The Bertz CT molecular complexity index is 787. The molecule has 0 aromatic heterocycles. The third kappa shape index (κ3) is 4.97. The summed E-state index contributed by atoms with van der Waals surface area (Å²) in [5, 5.41) is 0.584. The number of hydrogen-bond acceptors (Lipinski definition) is 3. The lowest BCUT2D eigenvalue weighted by atomic mass is 10.1. The lowest BCUT2D eigenvalue weighted by molar-refractivity contribution is 0.135. The topological polar surface area (TPSA) is 46.6 Å². The van der Waals surface area contributed by atoms with E-state index in [1.165, 1.54) is 0 Å². The second-order valence-corrected chi connectivity index (χ2v) is 8.69. The zero-order chi connectivity index (χ0) is 17.7. The van der Waals surface area contributed by atoms with Crippen LogP contribution in [0.3, 0.4) is 0 Å². The van der Waals surface area contributed by atoms with E-state index in [1.54, 1.807) is 10.4 Å². The van der Waals surface area contributed by atoms with Crippen molar-refractivity contribution in [3.63, 3.8) is 0 Å². The van der Waals surface area contributed by atoms with E-state index < -0.39 is 10.0 Å². The van der Waals surface area contributed by atoms with Gasteiger partial charge >= 0.3 is 0 Å². The van der Waals surface area contributed by atoms with E-state index in [9.17, 15) is 8.42 Å². The van der Waals surface area contributed by atoms with Gasteiger partial charge in [-0.25, -0.2) is 12.7 Å². The number of aryl methyl sites for hydroxylation is 1. The molecule has 25 heavy (non-hydrogen) atoms. The molecule has 0 saturated carbocycles. The lowest BCUT2D eigenvalue weighted by Gasteiger charge is -2.31. The van der Waals surface area contributed by atoms with E-state index in [-0.39, 0.29) is 11.9 Å². The molecule has 1 aliphatic heterocycles. The summed E-state index contributed by atoms with van der Waals surface area (Å²) in [5.74, 6) is 0.808. The zero-order valence-corrected chi connectivity index (χ0v) is 15.5. The fraction of sp³-hybridized carbons (Fsp3) is 0.368. The number of hydrogen-bond donors (Lipinski definition) is 0. The van der Waals surface area contributed by atoms with Crippen LogP contribution in [-0.2, 0) is 16.4 Å². The number of benzene rings is 2. The number of rotatable bonds is 6. The summed E-state index contributed by atoms with van der Waals surface area (Å²) in [4.78, 5) is 0. The summed E-state index contributed by atoms with van der Waals surface area (Å²) in [6.45, 7) is 0.985. The van der Waals surface area contributed by atoms with Crippen molar-refractivity contribution in [1.29, 1.82) is 0 Å². The molecule has 3 rings (SSSR count). The van der Waals surface area contributed by atoms with Crippen molar-refractivity contribution in [2.75, 3.05) is 18.8 Å². The first-order valence-corrected chi connectivity index (χ1v) is 10.5. The summed E-state index contributed by atoms with van der Waals surface area (Å²) in [7, 11) is -3.23. The monoisotopic (exact) mass is 379 g/mol. The molecule has 1 saturated heterocycles. The normalized spacial score (nSPS) is 16.7. The Kier molecular flexibility index (Phi) is 5.99. The average Bonchev–Trinajstić information content (AvgIpc) is 2.63. The zero-order valence-electron chi connectivity index (χ0n) is 14.0. The molecule has 0 aliphatic carbocycles. The van der Waals surface area contributed by atoms with Gasteiger partial charge in [0.2, 0.25) is 10.0 Å². The second-order valence-electron chi connectivity index (χ2n) is 6.20. The fourth-order valence-electron chi connectivity index (χ4n) is 2.97. The third-order valence-electron chi connectivity index (χ3n) is 4.42. The maximum atomic E-state index is 12.5. The molecule has 134 valence electrons. The first-order chi connectivity index (χ1) is 12.0. The first kappa shape index (κ1) is 18.2. The Hall–Kier alpha value is -1.56. The van der Waals surface area contributed by atoms with Crippen LogP contribution in [0.5, 0.6) is 5.75 Å². The molecule has 2 aromatic carbocycles. The number of sulfonamides is 1. The van der Waals surface area contributed by atoms with E-state index in [2.05, 4.69) is 0 Å². The van der Waals surface area contributed by atoms with Crippen LogP contribution in [0, 0.1) is 0 Å². The van der Waals surface area contributed by atoms with Crippen LogP contribution < -0.4 is 4.74 Å². The van der Waals surface area contributed by atoms with Crippen LogP contribution in [0.2, 0.25) is 5.02 Å². The molecule has 1 fully saturated rings. The fourth-order valence-corrected chi connectivity index (χ4v) is 4.67. The highest BCUT2D eigenvalue weighted by atomic mass is 35.5. The number of piperidine rings is 1. The molecule has 1 heterocycles. The Morgan fingerprint density at radius 2 is 1.64 bits per heavy atom. The average molecular weight is 380 g/mol. The highest BCUT2D eigenvalue weighted by molar-refractivity contribution is 7.89. The van der Waals surface area contributed by atoms with Crippen molar-refractivity contribution < 1.29 is 13.2 Å². The minimum Gasteiger partial charge on any atom is -0.489 e. The highest BCUT2D eigenvalue weighted by Crippen LogP contribution is 2.27. The molecular formula is C19H22ClNO3S. The minimum atomic E-state index is -3.23. The van der Waals surface area contributed by atoms with Crippen molar-refractivity contribution in [1.82, 2.24) is 4.31 Å². The molecule has 0 atom stereocenters. The maximum absolute atomic E-state index is 12.5. The summed E-state index contributed by atoms with van der Waals surface area (Å²) < 4.78 is 32.6. The van der Waals surface area contributed by atoms with Gasteiger partial charge in [0.15, 0.2) is 0 Å². The predicted octanol–water partition coefficient (Wildman–Crippen LogP) is 3.76. The number of para-hydroxylation sites is 1. The SMILES string of the molecule is O=S(=O)(CCc1ccccc1)N1CCC(Oc2ccccc2Cl)CC1. The molecule has 0 spiro atoms. The molecule has 1 aliphatic rings. The predicted molar refractivity (Wildman–Crippen MR) is 101 cm³/mol. The first-order valence-electron chi connectivity index (χ1n) is 8.47. The van der Waals surface area contributed by atoms with E-state index in [0.29, 0.717) is 43.1 Å². The van der Waals surface area contributed by atoms with Crippen LogP contribution >= 0.6 is 11.6 Å². The number of nitrogens with zero attached hydrogens (tertiary/aromatic N) is 1. The second kappa shape index (κ2) is 8.21. The Balaban J connectivity index is 1.52. The lowest BCUT2D eigenvalue weighted by Crippen LogP contribution is -2.43. The van der Waals surface area contributed by atoms with Crippen LogP contribution in [0.1, 0.15) is 18.4 Å². The number of halogens is 1. The van der Waals surface area contributed by atoms with Gasteiger partial charge in [0.1, 0.15) is 11.9 Å². The molecule has 0 radical (unpaired) electrons. The Morgan fingerprint density at radius 1 is 1.00 bits per heavy atom. The van der Waals surface area contributed by atoms with Crippen molar-refractivity contribution in [3.05, 3.63) is 65.2 Å². The van der Waals surface area contributed by atoms with Crippen molar-refractivity contribution in [2.24, 2.45) is 0 Å². The molecule has 0 N–H and O–H groups in total. The molecule has 0 amide bonds. The van der Waals surface area contributed by atoms with Gasteiger partial charge in [0, 0.05) is 13.1 Å². The molecule has 6 heteroatoms. The highest BCUT2D eigenvalue weighted by Gasteiger charge is 2.28. The largest absolute Gasteiger partial charge is 0.489 e. The smallest absolute Gasteiger partial charge is 0.214 e. The van der Waals surface area contributed by atoms with Crippen molar-refractivity contribution >= 4 is 21.6 Å². The van der Waals surface area contributed by atoms with Crippen molar-refractivity contribution in [3.8, 4) is 5.75 Å². The quantitative estimate of drug-likeness (QED) is 0.767. The van der Waals surface area contributed by atoms with Gasteiger partial charge in [-0.2, -0.15) is 0 Å². The van der Waals surface area contributed by atoms with E-state index in [1.807, 2.05) is 48.5 Å². The standard InChI is InChI=1S/C19H22ClNO3S/c20-18-8-4-5-9-19(18)24-17-10-13-21(14-11-17)25(22,23)15-12-16-6-2-1-3-7-16/h1-9,17H,10-15H2.